The van der Waals surface area contributed by atoms with Crippen molar-refractivity contribution in [2.45, 2.75) is 37.4 Å². The zero-order valence-corrected chi connectivity index (χ0v) is 11.9. The summed E-state index contributed by atoms with van der Waals surface area (Å²) >= 11 is -0.776. The standard InChI is InChI=1S/C11H16F2O7S/c12-11(13,21-20-19-16)10(15)18-7-6-17-9(14)8-4-2-1-3-5-8/h8,16H,1-7H2/p-1. The molecule has 10 heteroatoms. The molecular weight excluding hydrogens is 314 g/mol. The maximum Gasteiger partial charge on any atom is 0.415 e. The Balaban J connectivity index is 2.17. The first-order chi connectivity index (χ1) is 9.97. The van der Waals surface area contributed by atoms with Crippen LogP contribution in [0.3, 0.4) is 0 Å². The molecule has 0 aromatic heterocycles. The number of carbonyl (C=O) groups excluding carboxylic acids is 2. The number of esters is 2. The van der Waals surface area contributed by atoms with E-state index in [1.54, 1.807) is 0 Å². The van der Waals surface area contributed by atoms with E-state index in [1.807, 2.05) is 0 Å². The van der Waals surface area contributed by atoms with Gasteiger partial charge in [-0.05, 0) is 12.8 Å². The average Bonchev–Trinajstić information content (AvgIpc) is 2.50. The lowest BCUT2D eigenvalue weighted by molar-refractivity contribution is -0.777. The lowest BCUT2D eigenvalue weighted by Gasteiger charge is -2.20. The number of hydrogen-bond donors (Lipinski definition) is 0. The molecule has 0 atom stereocenters. The van der Waals surface area contributed by atoms with E-state index in [2.05, 4.69) is 14.1 Å². The van der Waals surface area contributed by atoms with Gasteiger partial charge in [0.1, 0.15) is 25.3 Å². The molecule has 0 radical (unpaired) electrons. The summed E-state index contributed by atoms with van der Waals surface area (Å²) in [7, 11) is 0. The number of halogens is 2. The summed E-state index contributed by atoms with van der Waals surface area (Å²) in [4.78, 5) is 22.5. The number of rotatable bonds is 8. The van der Waals surface area contributed by atoms with Crippen LogP contribution in [0.1, 0.15) is 32.1 Å². The first-order valence-electron chi connectivity index (χ1n) is 6.33. The lowest BCUT2D eigenvalue weighted by Crippen LogP contribution is -2.29. The second-order valence-electron chi connectivity index (χ2n) is 4.37. The van der Waals surface area contributed by atoms with Crippen molar-refractivity contribution in [3.63, 3.8) is 0 Å². The van der Waals surface area contributed by atoms with Crippen LogP contribution in [-0.4, -0.2) is 30.4 Å². The molecule has 122 valence electrons. The van der Waals surface area contributed by atoms with Gasteiger partial charge in [0, 0.05) is 0 Å². The SMILES string of the molecule is O=C(OCCOC(=O)C(F)(F)SOO[O-])C1CCCCC1. The van der Waals surface area contributed by atoms with Crippen LogP contribution in [0.5, 0.6) is 0 Å². The van der Waals surface area contributed by atoms with Crippen LogP contribution < -0.4 is 5.26 Å². The molecule has 1 fully saturated rings. The third-order valence-electron chi connectivity index (χ3n) is 2.90. The minimum absolute atomic E-state index is 0.172. The van der Waals surface area contributed by atoms with E-state index in [4.69, 9.17) is 4.74 Å². The highest BCUT2D eigenvalue weighted by molar-refractivity contribution is 7.96. The average molecular weight is 329 g/mol. The van der Waals surface area contributed by atoms with Crippen molar-refractivity contribution in [3.8, 4) is 0 Å². The Morgan fingerprint density at radius 1 is 1.14 bits per heavy atom. The molecule has 0 heterocycles. The quantitative estimate of drug-likeness (QED) is 0.215. The van der Waals surface area contributed by atoms with E-state index in [-0.39, 0.29) is 12.5 Å². The van der Waals surface area contributed by atoms with Gasteiger partial charge in [0.25, 0.3) is 0 Å². The highest BCUT2D eigenvalue weighted by Gasteiger charge is 2.43. The fourth-order valence-electron chi connectivity index (χ4n) is 1.91. The van der Waals surface area contributed by atoms with Crippen LogP contribution in [0.25, 0.3) is 0 Å². The van der Waals surface area contributed by atoms with Gasteiger partial charge >= 0.3 is 17.2 Å². The van der Waals surface area contributed by atoms with E-state index in [0.717, 1.165) is 32.1 Å². The molecule has 0 amide bonds. The van der Waals surface area contributed by atoms with Gasteiger partial charge in [-0.2, -0.15) is 13.1 Å². The Morgan fingerprint density at radius 2 is 1.76 bits per heavy atom. The maximum absolute atomic E-state index is 12.9. The summed E-state index contributed by atoms with van der Waals surface area (Å²) in [6, 6.07) is 0. The molecule has 7 nitrogen and oxygen atoms in total. The van der Waals surface area contributed by atoms with Crippen LogP contribution >= 0.6 is 12.0 Å². The minimum Gasteiger partial charge on any atom is -0.691 e. The van der Waals surface area contributed by atoms with Crippen LogP contribution in [0.15, 0.2) is 0 Å². The smallest absolute Gasteiger partial charge is 0.415 e. The maximum atomic E-state index is 12.9. The lowest BCUT2D eigenvalue weighted by atomic mass is 9.89. The number of ether oxygens (including phenoxy) is 2. The van der Waals surface area contributed by atoms with Crippen molar-refractivity contribution in [2.75, 3.05) is 13.2 Å². The Bertz CT molecular complexity index is 347. The molecule has 1 aliphatic carbocycles. The second-order valence-corrected chi connectivity index (χ2v) is 5.19. The Labute approximate surface area is 123 Å². The van der Waals surface area contributed by atoms with Gasteiger partial charge in [0.15, 0.2) is 0 Å². The van der Waals surface area contributed by atoms with Gasteiger partial charge in [-0.1, -0.05) is 19.3 Å². The molecule has 0 unspecified atom stereocenters. The molecule has 0 spiro atoms. The summed E-state index contributed by atoms with van der Waals surface area (Å²) in [6.45, 7) is -0.813. The van der Waals surface area contributed by atoms with Gasteiger partial charge in [0.2, 0.25) is 0 Å². The van der Waals surface area contributed by atoms with Gasteiger partial charge in [0.05, 0.1) is 5.92 Å². The van der Waals surface area contributed by atoms with Crippen molar-refractivity contribution in [1.29, 1.82) is 0 Å². The van der Waals surface area contributed by atoms with Crippen molar-refractivity contribution in [1.82, 2.24) is 0 Å². The minimum atomic E-state index is -4.09. The first kappa shape index (κ1) is 18.1. The fourth-order valence-corrected chi connectivity index (χ4v) is 2.15. The Kier molecular flexibility index (Phi) is 7.86. The monoisotopic (exact) mass is 329 g/mol. The van der Waals surface area contributed by atoms with Crippen molar-refractivity contribution in [2.24, 2.45) is 5.92 Å². The number of alkyl halides is 2. The fraction of sp³-hybridized carbons (Fsp3) is 0.818. The molecule has 0 aromatic carbocycles. The van der Waals surface area contributed by atoms with Crippen LogP contribution in [0.2, 0.25) is 0 Å². The predicted molar refractivity (Wildman–Crippen MR) is 63.2 cm³/mol. The van der Waals surface area contributed by atoms with Crippen molar-refractivity contribution in [3.05, 3.63) is 0 Å². The molecule has 0 saturated heterocycles. The predicted octanol–water partition coefficient (Wildman–Crippen LogP) is 1.12. The molecule has 21 heavy (non-hydrogen) atoms. The summed E-state index contributed by atoms with van der Waals surface area (Å²) < 4.78 is 38.3. The molecule has 0 aliphatic heterocycles. The van der Waals surface area contributed by atoms with Crippen molar-refractivity contribution >= 4 is 24.0 Å². The zero-order chi connectivity index (χ0) is 15.7. The van der Waals surface area contributed by atoms with Gasteiger partial charge in [-0.3, -0.25) is 9.83 Å². The second kappa shape index (κ2) is 9.13. The molecule has 0 aromatic rings. The summed E-state index contributed by atoms with van der Waals surface area (Å²) in [6.07, 6.45) is 4.50. The van der Waals surface area contributed by atoms with Crippen molar-refractivity contribution < 1.29 is 42.5 Å². The molecule has 0 N–H and O–H groups in total. The molecule has 1 aliphatic rings. The summed E-state index contributed by atoms with van der Waals surface area (Å²) in [5, 5.41) is 8.02. The van der Waals surface area contributed by atoms with Crippen LogP contribution in [-0.2, 0) is 28.4 Å². The number of hydrogen-bond acceptors (Lipinski definition) is 8. The zero-order valence-electron chi connectivity index (χ0n) is 11.0. The van der Waals surface area contributed by atoms with E-state index < -0.39 is 35.8 Å². The van der Waals surface area contributed by atoms with E-state index in [9.17, 15) is 23.6 Å². The van der Waals surface area contributed by atoms with Gasteiger partial charge in [-0.15, -0.1) is 0 Å². The normalized spacial score (nSPS) is 16.5. The molecule has 1 rings (SSSR count). The summed E-state index contributed by atoms with van der Waals surface area (Å²) in [5.41, 5.74) is 0. The third kappa shape index (κ3) is 6.55. The van der Waals surface area contributed by atoms with Gasteiger partial charge in [-0.25, -0.2) is 4.79 Å². The molecular formula is C11H15F2O7S-. The van der Waals surface area contributed by atoms with Crippen LogP contribution in [0.4, 0.5) is 8.78 Å². The Morgan fingerprint density at radius 3 is 2.38 bits per heavy atom. The highest BCUT2D eigenvalue weighted by Crippen LogP contribution is 2.31. The third-order valence-corrected chi connectivity index (χ3v) is 3.40. The first-order valence-corrected chi connectivity index (χ1v) is 7.07. The van der Waals surface area contributed by atoms with Crippen LogP contribution in [0, 0.1) is 5.92 Å². The topological polar surface area (TPSA) is 94.1 Å². The highest BCUT2D eigenvalue weighted by atomic mass is 32.2. The summed E-state index contributed by atoms with van der Waals surface area (Å²) in [5.74, 6) is -2.50. The Hall–Kier alpha value is -0.970. The van der Waals surface area contributed by atoms with E-state index >= 15 is 0 Å². The molecule has 0 bridgehead atoms. The van der Waals surface area contributed by atoms with E-state index in [0.29, 0.717) is 0 Å². The largest absolute Gasteiger partial charge is 0.691 e. The molecule has 1 saturated carbocycles. The van der Waals surface area contributed by atoms with Gasteiger partial charge < -0.3 is 14.7 Å². The number of carbonyl (C=O) groups is 2. The van der Waals surface area contributed by atoms with E-state index in [1.165, 1.54) is 0 Å².